The molecule has 1 amide bonds. The van der Waals surface area contributed by atoms with Crippen molar-refractivity contribution in [2.24, 2.45) is 11.3 Å². The van der Waals surface area contributed by atoms with Crippen LogP contribution in [-0.4, -0.2) is 47.7 Å². The van der Waals surface area contributed by atoms with Gasteiger partial charge in [0.15, 0.2) is 0 Å². The second-order valence-electron chi connectivity index (χ2n) is 6.77. The van der Waals surface area contributed by atoms with Crippen LogP contribution in [0.1, 0.15) is 53.4 Å². The van der Waals surface area contributed by atoms with E-state index < -0.39 is 17.3 Å². The smallest absolute Gasteiger partial charge is 0.319 e. The third kappa shape index (κ3) is 4.70. The summed E-state index contributed by atoms with van der Waals surface area (Å²) in [4.78, 5) is 26.8. The molecule has 0 saturated carbocycles. The van der Waals surface area contributed by atoms with Gasteiger partial charge in [0, 0.05) is 6.54 Å². The molecule has 21 heavy (non-hydrogen) atoms. The highest BCUT2D eigenvalue weighted by atomic mass is 16.5. The van der Waals surface area contributed by atoms with Crippen LogP contribution in [0.4, 0.5) is 0 Å². The summed E-state index contributed by atoms with van der Waals surface area (Å²) < 4.78 is 5.09. The molecule has 2 atom stereocenters. The summed E-state index contributed by atoms with van der Waals surface area (Å²) in [6, 6.07) is -0.181. The van der Waals surface area contributed by atoms with Gasteiger partial charge in [-0.1, -0.05) is 33.6 Å². The molecule has 1 saturated heterocycles. The maximum absolute atomic E-state index is 12.9. The molecule has 122 valence electrons. The van der Waals surface area contributed by atoms with E-state index in [-0.39, 0.29) is 25.2 Å². The van der Waals surface area contributed by atoms with E-state index in [0.717, 1.165) is 25.7 Å². The number of carbonyl (C=O) groups is 2. The number of likely N-dealkylation sites (tertiary alicyclic amines) is 1. The van der Waals surface area contributed by atoms with E-state index in [2.05, 4.69) is 0 Å². The van der Waals surface area contributed by atoms with Crippen molar-refractivity contribution >= 4 is 11.9 Å². The molecule has 1 N–H and O–H groups in total. The monoisotopic (exact) mass is 299 g/mol. The Morgan fingerprint density at radius 3 is 2.48 bits per heavy atom. The summed E-state index contributed by atoms with van der Waals surface area (Å²) in [6.45, 7) is 8.18. The zero-order valence-corrected chi connectivity index (χ0v) is 13.7. The first kappa shape index (κ1) is 18.0. The van der Waals surface area contributed by atoms with Gasteiger partial charge in [-0.15, -0.1) is 0 Å². The van der Waals surface area contributed by atoms with Crippen LogP contribution in [0.15, 0.2) is 0 Å². The highest BCUT2D eigenvalue weighted by Gasteiger charge is 2.42. The van der Waals surface area contributed by atoms with Crippen molar-refractivity contribution in [2.45, 2.75) is 59.4 Å². The number of rotatable bonds is 4. The first-order chi connectivity index (χ1) is 9.82. The van der Waals surface area contributed by atoms with Crippen molar-refractivity contribution in [1.82, 2.24) is 4.90 Å². The van der Waals surface area contributed by atoms with Crippen LogP contribution in [0.3, 0.4) is 0 Å². The number of aliphatic hydroxyl groups excluding tert-OH is 1. The minimum Gasteiger partial charge on any atom is -0.465 e. The van der Waals surface area contributed by atoms with Crippen molar-refractivity contribution in [3.05, 3.63) is 0 Å². The minimum absolute atomic E-state index is 0.0502. The largest absolute Gasteiger partial charge is 0.465 e. The Labute approximate surface area is 127 Å². The topological polar surface area (TPSA) is 66.8 Å². The molecule has 0 aromatic carbocycles. The Balaban J connectivity index is 2.99. The maximum Gasteiger partial charge on any atom is 0.319 e. The number of amides is 1. The average molecular weight is 299 g/mol. The summed E-state index contributed by atoms with van der Waals surface area (Å²) in [6.07, 6.45) is 3.78. The van der Waals surface area contributed by atoms with E-state index in [1.807, 2.05) is 20.8 Å². The molecule has 1 heterocycles. The lowest BCUT2D eigenvalue weighted by Crippen LogP contribution is -2.50. The lowest BCUT2D eigenvalue weighted by Gasteiger charge is -2.36. The second kappa shape index (κ2) is 7.78. The number of hydrogen-bond acceptors (Lipinski definition) is 4. The highest BCUT2D eigenvalue weighted by Crippen LogP contribution is 2.31. The van der Waals surface area contributed by atoms with E-state index in [9.17, 15) is 14.7 Å². The molecule has 5 nitrogen and oxygen atoms in total. The molecule has 1 rings (SSSR count). The van der Waals surface area contributed by atoms with Crippen LogP contribution in [0.5, 0.6) is 0 Å². The molecule has 0 aromatic heterocycles. The van der Waals surface area contributed by atoms with Gasteiger partial charge in [-0.2, -0.15) is 0 Å². The van der Waals surface area contributed by atoms with E-state index in [1.165, 1.54) is 0 Å². The van der Waals surface area contributed by atoms with Gasteiger partial charge < -0.3 is 14.7 Å². The third-order valence-electron chi connectivity index (χ3n) is 4.01. The fraction of sp³-hybridized carbons (Fsp3) is 0.875. The van der Waals surface area contributed by atoms with Crippen LogP contribution in [0, 0.1) is 11.3 Å². The number of carbonyl (C=O) groups excluding carboxylic acids is 2. The normalized spacial score (nSPS) is 21.6. The first-order valence-corrected chi connectivity index (χ1v) is 7.90. The molecule has 1 aliphatic heterocycles. The summed E-state index contributed by atoms with van der Waals surface area (Å²) in [7, 11) is 0. The molecular formula is C16H29NO4. The first-order valence-electron chi connectivity index (χ1n) is 7.90. The Hall–Kier alpha value is -1.10. The molecule has 1 fully saturated rings. The molecule has 0 spiro atoms. The number of aliphatic hydroxyl groups is 1. The van der Waals surface area contributed by atoms with Gasteiger partial charge in [0.1, 0.15) is 5.92 Å². The predicted octanol–water partition coefficient (Wildman–Crippen LogP) is 1.98. The van der Waals surface area contributed by atoms with E-state index in [0.29, 0.717) is 6.54 Å². The number of esters is 1. The molecule has 1 aliphatic rings. The lowest BCUT2D eigenvalue weighted by molar-refractivity contribution is -0.162. The Morgan fingerprint density at radius 1 is 1.29 bits per heavy atom. The number of hydrogen-bond donors (Lipinski definition) is 1. The quantitative estimate of drug-likeness (QED) is 0.636. The van der Waals surface area contributed by atoms with Crippen LogP contribution in [0.2, 0.25) is 0 Å². The molecule has 0 bridgehead atoms. The van der Waals surface area contributed by atoms with E-state index >= 15 is 0 Å². The zero-order chi connectivity index (χ0) is 16.0. The van der Waals surface area contributed by atoms with Crippen LogP contribution in [0.25, 0.3) is 0 Å². The molecule has 0 aromatic rings. The summed E-state index contributed by atoms with van der Waals surface area (Å²) in [5.41, 5.74) is -0.504. The predicted molar refractivity (Wildman–Crippen MR) is 80.6 cm³/mol. The Bertz CT molecular complexity index is 362. The van der Waals surface area contributed by atoms with Crippen molar-refractivity contribution in [3.8, 4) is 0 Å². The summed E-state index contributed by atoms with van der Waals surface area (Å²) >= 11 is 0. The zero-order valence-electron chi connectivity index (χ0n) is 13.7. The van der Waals surface area contributed by atoms with E-state index in [1.54, 1.807) is 11.8 Å². The van der Waals surface area contributed by atoms with Gasteiger partial charge in [-0.25, -0.2) is 0 Å². The van der Waals surface area contributed by atoms with Gasteiger partial charge in [-0.05, 0) is 25.2 Å². The second-order valence-corrected chi connectivity index (χ2v) is 6.77. The van der Waals surface area contributed by atoms with Crippen molar-refractivity contribution in [2.75, 3.05) is 19.8 Å². The summed E-state index contributed by atoms with van der Waals surface area (Å²) in [5, 5.41) is 9.55. The maximum atomic E-state index is 12.9. The standard InChI is InChI=1S/C16H29NO4/c1-5-21-15(20)13(16(2,3)4)14(19)17-10-8-6-7-9-12(17)11-18/h12-13,18H,5-11H2,1-4H3. The van der Waals surface area contributed by atoms with Crippen molar-refractivity contribution in [1.29, 1.82) is 0 Å². The third-order valence-corrected chi connectivity index (χ3v) is 4.01. The average Bonchev–Trinajstić information content (AvgIpc) is 2.62. The van der Waals surface area contributed by atoms with Crippen LogP contribution >= 0.6 is 0 Å². The molecule has 0 radical (unpaired) electrons. The molecule has 5 heteroatoms. The molecular weight excluding hydrogens is 270 g/mol. The fourth-order valence-electron chi connectivity index (χ4n) is 2.87. The molecule has 2 unspecified atom stereocenters. The Morgan fingerprint density at radius 2 is 1.95 bits per heavy atom. The fourth-order valence-corrected chi connectivity index (χ4v) is 2.87. The number of ether oxygens (including phenoxy) is 1. The number of nitrogens with zero attached hydrogens (tertiary/aromatic N) is 1. The van der Waals surface area contributed by atoms with Gasteiger partial charge in [0.2, 0.25) is 5.91 Å². The highest BCUT2D eigenvalue weighted by molar-refractivity contribution is 5.98. The van der Waals surface area contributed by atoms with E-state index in [4.69, 9.17) is 4.74 Å². The summed E-state index contributed by atoms with van der Waals surface area (Å²) in [5.74, 6) is -1.48. The van der Waals surface area contributed by atoms with Crippen molar-refractivity contribution < 1.29 is 19.4 Å². The van der Waals surface area contributed by atoms with Crippen LogP contribution < -0.4 is 0 Å². The van der Waals surface area contributed by atoms with Gasteiger partial charge in [0.05, 0.1) is 19.3 Å². The lowest BCUT2D eigenvalue weighted by atomic mass is 9.79. The van der Waals surface area contributed by atoms with Gasteiger partial charge >= 0.3 is 5.97 Å². The van der Waals surface area contributed by atoms with Gasteiger partial charge in [-0.3, -0.25) is 9.59 Å². The minimum atomic E-state index is -0.815. The molecule has 0 aliphatic carbocycles. The van der Waals surface area contributed by atoms with Crippen LogP contribution in [-0.2, 0) is 14.3 Å². The van der Waals surface area contributed by atoms with Crippen molar-refractivity contribution in [3.63, 3.8) is 0 Å². The van der Waals surface area contributed by atoms with Gasteiger partial charge in [0.25, 0.3) is 0 Å². The SMILES string of the molecule is CCOC(=O)C(C(=O)N1CCCCCC1CO)C(C)(C)C. The Kier molecular flexibility index (Phi) is 6.65.